The summed E-state index contributed by atoms with van der Waals surface area (Å²) in [7, 11) is 0. The minimum atomic E-state index is -0.0356. The molecule has 0 saturated carbocycles. The Morgan fingerprint density at radius 2 is 2.00 bits per heavy atom. The second kappa shape index (κ2) is 9.65. The molecule has 31 heavy (non-hydrogen) atoms. The number of carbonyl (C=O) groups is 1. The van der Waals surface area contributed by atoms with Crippen molar-refractivity contribution in [2.75, 3.05) is 6.26 Å². The average molecular weight is 456 g/mol. The number of benzene rings is 1. The van der Waals surface area contributed by atoms with Crippen molar-refractivity contribution in [1.29, 1.82) is 0 Å². The molecule has 0 spiro atoms. The third-order valence-corrected chi connectivity index (χ3v) is 6.87. The summed E-state index contributed by atoms with van der Waals surface area (Å²) in [6.07, 6.45) is 4.69. The summed E-state index contributed by atoms with van der Waals surface area (Å²) in [5, 5.41) is 13.5. The molecule has 0 radical (unpaired) electrons. The summed E-state index contributed by atoms with van der Waals surface area (Å²) in [6.45, 7) is 3.21. The van der Waals surface area contributed by atoms with E-state index >= 15 is 0 Å². The summed E-state index contributed by atoms with van der Waals surface area (Å²) in [5.74, 6) is 1.21. The van der Waals surface area contributed by atoms with Gasteiger partial charge in [-0.15, -0.1) is 33.3 Å². The van der Waals surface area contributed by atoms with Gasteiger partial charge in [-0.05, 0) is 41.8 Å². The zero-order chi connectivity index (χ0) is 21.8. The molecule has 0 aliphatic carbocycles. The number of hydrogen-bond donors (Lipinski definition) is 1. The van der Waals surface area contributed by atoms with Gasteiger partial charge >= 0.3 is 0 Å². The molecule has 9 heteroatoms. The molecule has 1 aromatic carbocycles. The smallest absolute Gasteiger partial charge is 0.272 e. The van der Waals surface area contributed by atoms with Crippen LogP contribution in [0.15, 0.2) is 45.4 Å². The quantitative estimate of drug-likeness (QED) is 0.388. The maximum absolute atomic E-state index is 12.9. The Hall–Kier alpha value is -2.65. The van der Waals surface area contributed by atoms with E-state index in [1.54, 1.807) is 16.3 Å². The van der Waals surface area contributed by atoms with Crippen LogP contribution in [0.2, 0.25) is 0 Å². The molecule has 0 aliphatic rings. The molecule has 4 rings (SSSR count). The van der Waals surface area contributed by atoms with Crippen LogP contribution in [0, 0.1) is 0 Å². The first kappa shape index (κ1) is 21.6. The highest BCUT2D eigenvalue weighted by Gasteiger charge is 2.17. The van der Waals surface area contributed by atoms with E-state index in [-0.39, 0.29) is 11.5 Å². The van der Waals surface area contributed by atoms with E-state index in [0.717, 1.165) is 23.9 Å². The van der Waals surface area contributed by atoms with Crippen LogP contribution in [-0.2, 0) is 24.3 Å². The largest absolute Gasteiger partial charge is 0.352 e. The van der Waals surface area contributed by atoms with Crippen molar-refractivity contribution >= 4 is 45.0 Å². The number of unbranched alkanes of at least 4 members (excludes halogenated alkanes) is 1. The van der Waals surface area contributed by atoms with E-state index in [1.807, 2.05) is 34.2 Å². The number of fused-ring (bicyclic) bond motifs is 3. The minimum Gasteiger partial charge on any atom is -0.352 e. The Morgan fingerprint density at radius 1 is 1.19 bits per heavy atom. The maximum Gasteiger partial charge on any atom is 0.272 e. The van der Waals surface area contributed by atoms with Gasteiger partial charge in [0.2, 0.25) is 11.7 Å². The Balaban J connectivity index is 1.50. The number of thiophene rings is 1. The first-order chi connectivity index (χ1) is 15.1. The Morgan fingerprint density at radius 3 is 2.74 bits per heavy atom. The van der Waals surface area contributed by atoms with Gasteiger partial charge in [0.05, 0.1) is 5.52 Å². The van der Waals surface area contributed by atoms with Crippen LogP contribution in [0.4, 0.5) is 0 Å². The lowest BCUT2D eigenvalue weighted by Crippen LogP contribution is -2.24. The summed E-state index contributed by atoms with van der Waals surface area (Å²) in [6, 6.07) is 10.1. The van der Waals surface area contributed by atoms with Crippen molar-refractivity contribution in [2.45, 2.75) is 50.6 Å². The number of nitrogens with zero attached hydrogens (tertiary/aromatic N) is 4. The molecule has 3 aromatic heterocycles. The standard InChI is InChI=1S/C22H25N5O2S2/c1-3-4-12-26-21(29)20-17(11-13-31-20)27-18(24-25-22(26)27)9-10-19(28)23-14-15-5-7-16(30-2)8-6-15/h5-8,11,13H,3-4,9-10,12,14H2,1-2H3,(H,23,28). The third kappa shape index (κ3) is 4.52. The highest BCUT2D eigenvalue weighted by Crippen LogP contribution is 2.20. The van der Waals surface area contributed by atoms with Crippen LogP contribution < -0.4 is 10.9 Å². The number of rotatable bonds is 9. The van der Waals surface area contributed by atoms with Crippen LogP contribution in [-0.4, -0.2) is 31.3 Å². The van der Waals surface area contributed by atoms with Gasteiger partial charge in [-0.25, -0.2) is 0 Å². The normalized spacial score (nSPS) is 11.4. The number of amides is 1. The monoisotopic (exact) mass is 455 g/mol. The lowest BCUT2D eigenvalue weighted by atomic mass is 10.2. The van der Waals surface area contributed by atoms with Crippen molar-refractivity contribution < 1.29 is 4.79 Å². The fourth-order valence-corrected chi connectivity index (χ4v) is 4.75. The molecule has 3 heterocycles. The van der Waals surface area contributed by atoms with Gasteiger partial charge < -0.3 is 5.32 Å². The topological polar surface area (TPSA) is 81.3 Å². The van der Waals surface area contributed by atoms with Crippen LogP contribution in [0.5, 0.6) is 0 Å². The molecule has 0 aliphatic heterocycles. The molecular formula is C22H25N5O2S2. The van der Waals surface area contributed by atoms with Crippen LogP contribution in [0.3, 0.4) is 0 Å². The molecule has 0 unspecified atom stereocenters. The summed E-state index contributed by atoms with van der Waals surface area (Å²) >= 11 is 3.12. The van der Waals surface area contributed by atoms with E-state index in [0.29, 0.717) is 42.2 Å². The van der Waals surface area contributed by atoms with Crippen molar-refractivity contribution in [3.8, 4) is 0 Å². The van der Waals surface area contributed by atoms with E-state index in [9.17, 15) is 9.59 Å². The molecular weight excluding hydrogens is 430 g/mol. The molecule has 7 nitrogen and oxygen atoms in total. The summed E-state index contributed by atoms with van der Waals surface area (Å²) in [4.78, 5) is 26.5. The van der Waals surface area contributed by atoms with Crippen molar-refractivity contribution in [3.63, 3.8) is 0 Å². The van der Waals surface area contributed by atoms with Gasteiger partial charge in [-0.2, -0.15) is 0 Å². The first-order valence-electron chi connectivity index (χ1n) is 10.4. The van der Waals surface area contributed by atoms with Crippen molar-refractivity contribution in [2.24, 2.45) is 0 Å². The molecule has 1 N–H and O–H groups in total. The Bertz CT molecular complexity index is 1260. The van der Waals surface area contributed by atoms with Gasteiger partial charge in [0, 0.05) is 30.8 Å². The predicted octanol–water partition coefficient (Wildman–Crippen LogP) is 3.88. The second-order valence-corrected chi connectivity index (χ2v) is 9.12. The molecule has 1 amide bonds. The van der Waals surface area contributed by atoms with Crippen LogP contribution in [0.1, 0.15) is 37.6 Å². The van der Waals surface area contributed by atoms with Gasteiger partial charge in [0.25, 0.3) is 5.56 Å². The average Bonchev–Trinajstić information content (AvgIpc) is 3.44. The molecule has 4 aromatic rings. The SMILES string of the molecule is CCCCn1c(=O)c2sccc2n2c(CCC(=O)NCc3ccc(SC)cc3)nnc12. The number of carbonyl (C=O) groups excluding carboxylic acids is 1. The van der Waals surface area contributed by atoms with E-state index in [4.69, 9.17) is 0 Å². The van der Waals surface area contributed by atoms with E-state index in [1.165, 1.54) is 16.2 Å². The molecule has 0 atom stereocenters. The predicted molar refractivity (Wildman–Crippen MR) is 126 cm³/mol. The van der Waals surface area contributed by atoms with Gasteiger partial charge in [-0.3, -0.25) is 18.6 Å². The second-order valence-electron chi connectivity index (χ2n) is 7.32. The zero-order valence-corrected chi connectivity index (χ0v) is 19.3. The molecule has 162 valence electrons. The summed E-state index contributed by atoms with van der Waals surface area (Å²) in [5.41, 5.74) is 1.86. The van der Waals surface area contributed by atoms with Crippen molar-refractivity contribution in [3.05, 3.63) is 57.5 Å². The Kier molecular flexibility index (Phi) is 6.72. The number of aromatic nitrogens is 4. The number of aryl methyl sites for hydroxylation is 2. The van der Waals surface area contributed by atoms with Crippen LogP contribution in [0.25, 0.3) is 16.0 Å². The molecule has 0 bridgehead atoms. The highest BCUT2D eigenvalue weighted by atomic mass is 32.2. The van der Waals surface area contributed by atoms with Gasteiger partial charge in [0.15, 0.2) is 0 Å². The van der Waals surface area contributed by atoms with Gasteiger partial charge in [0.1, 0.15) is 10.5 Å². The lowest BCUT2D eigenvalue weighted by molar-refractivity contribution is -0.121. The minimum absolute atomic E-state index is 0.0184. The zero-order valence-electron chi connectivity index (χ0n) is 17.6. The van der Waals surface area contributed by atoms with Crippen LogP contribution >= 0.6 is 23.1 Å². The molecule has 0 saturated heterocycles. The first-order valence-corrected chi connectivity index (χ1v) is 12.5. The number of thioether (sulfide) groups is 1. The lowest BCUT2D eigenvalue weighted by Gasteiger charge is -2.09. The third-order valence-electron chi connectivity index (χ3n) is 5.24. The highest BCUT2D eigenvalue weighted by molar-refractivity contribution is 7.98. The maximum atomic E-state index is 12.9. The fourth-order valence-electron chi connectivity index (χ4n) is 3.52. The fraction of sp³-hybridized carbons (Fsp3) is 0.364. The molecule has 0 fully saturated rings. The number of hydrogen-bond acceptors (Lipinski definition) is 6. The van der Waals surface area contributed by atoms with Gasteiger partial charge in [-0.1, -0.05) is 25.5 Å². The summed E-state index contributed by atoms with van der Waals surface area (Å²) < 4.78 is 4.33. The number of nitrogens with one attached hydrogen (secondary N) is 1. The van der Waals surface area contributed by atoms with E-state index < -0.39 is 0 Å². The van der Waals surface area contributed by atoms with E-state index in [2.05, 4.69) is 34.6 Å². The van der Waals surface area contributed by atoms with Crippen molar-refractivity contribution in [1.82, 2.24) is 24.5 Å². The Labute approximate surface area is 188 Å².